The third-order valence-corrected chi connectivity index (χ3v) is 4.70. The largest absolute Gasteiger partial charge is 0.326 e. The van der Waals surface area contributed by atoms with E-state index in [1.54, 1.807) is 31.2 Å². The number of nitrogens with one attached hydrogen (secondary N) is 1. The van der Waals surface area contributed by atoms with Gasteiger partial charge in [0.25, 0.3) is 10.0 Å². The molecule has 0 bridgehead atoms. The quantitative estimate of drug-likeness (QED) is 0.857. The van der Waals surface area contributed by atoms with Gasteiger partial charge in [0.15, 0.2) is 5.03 Å². The highest BCUT2D eigenvalue weighted by Gasteiger charge is 2.27. The van der Waals surface area contributed by atoms with Crippen LogP contribution in [0.4, 0.5) is 5.69 Å². The summed E-state index contributed by atoms with van der Waals surface area (Å²) in [4.78, 5) is 0. The number of hydrogen-bond acceptors (Lipinski definition) is 4. The summed E-state index contributed by atoms with van der Waals surface area (Å²) in [5.41, 5.74) is 6.62. The fourth-order valence-corrected chi connectivity index (χ4v) is 3.46. The number of hydrogen-bond donors (Lipinski definition) is 2. The van der Waals surface area contributed by atoms with Crippen LogP contribution in [0.1, 0.15) is 12.5 Å². The van der Waals surface area contributed by atoms with Gasteiger partial charge in [0.1, 0.15) is 0 Å². The number of rotatable bonds is 5. The van der Waals surface area contributed by atoms with Gasteiger partial charge >= 0.3 is 0 Å². The van der Waals surface area contributed by atoms with E-state index in [2.05, 4.69) is 10.2 Å². The molecule has 0 saturated heterocycles. The van der Waals surface area contributed by atoms with Crippen molar-refractivity contribution in [2.75, 3.05) is 10.8 Å². The van der Waals surface area contributed by atoms with Gasteiger partial charge in [-0.3, -0.25) is 9.40 Å². The van der Waals surface area contributed by atoms with Gasteiger partial charge in [0.2, 0.25) is 0 Å². The molecule has 2 rings (SSSR count). The van der Waals surface area contributed by atoms with E-state index in [4.69, 9.17) is 5.73 Å². The molecule has 6 nitrogen and oxygen atoms in total. The van der Waals surface area contributed by atoms with Crippen LogP contribution < -0.4 is 10.0 Å². The molecule has 19 heavy (non-hydrogen) atoms. The molecule has 1 aromatic heterocycles. The fourth-order valence-electron chi connectivity index (χ4n) is 1.86. The number of aromatic nitrogens is 2. The highest BCUT2D eigenvalue weighted by molar-refractivity contribution is 7.92. The second kappa shape index (κ2) is 5.41. The van der Waals surface area contributed by atoms with Crippen molar-refractivity contribution in [1.29, 1.82) is 0 Å². The third-order valence-electron chi connectivity index (χ3n) is 2.78. The molecule has 0 aliphatic heterocycles. The van der Waals surface area contributed by atoms with E-state index < -0.39 is 10.0 Å². The Bertz CT molecular complexity index is 637. The summed E-state index contributed by atoms with van der Waals surface area (Å²) < 4.78 is 26.5. The third kappa shape index (κ3) is 2.47. The molecule has 102 valence electrons. The molecule has 7 heteroatoms. The first kappa shape index (κ1) is 13.6. The summed E-state index contributed by atoms with van der Waals surface area (Å²) in [6.07, 6.45) is 1.44. The number of sulfonamides is 1. The number of para-hydroxylation sites is 1. The summed E-state index contributed by atoms with van der Waals surface area (Å²) in [7, 11) is -3.67. The highest BCUT2D eigenvalue weighted by Crippen LogP contribution is 2.23. The molecule has 3 N–H and O–H groups in total. The van der Waals surface area contributed by atoms with Gasteiger partial charge in [-0.05, 0) is 19.1 Å². The summed E-state index contributed by atoms with van der Waals surface area (Å²) >= 11 is 0. The van der Waals surface area contributed by atoms with Crippen LogP contribution in [0.5, 0.6) is 0 Å². The van der Waals surface area contributed by atoms with Crippen molar-refractivity contribution in [1.82, 2.24) is 10.2 Å². The summed E-state index contributed by atoms with van der Waals surface area (Å²) in [5, 5.41) is 6.34. The zero-order chi connectivity index (χ0) is 13.9. The standard InChI is InChI=1S/C12H16N4O2S/c1-2-16(11-6-4-3-5-7-11)19(17,18)12-10(8-13)9-14-15-12/h3-7,9H,2,8,13H2,1H3,(H,14,15). The maximum absolute atomic E-state index is 12.6. The van der Waals surface area contributed by atoms with Gasteiger partial charge in [0, 0.05) is 18.7 Å². The Morgan fingerprint density at radius 3 is 2.58 bits per heavy atom. The van der Waals surface area contributed by atoms with Crippen molar-refractivity contribution >= 4 is 15.7 Å². The Balaban J connectivity index is 2.49. The lowest BCUT2D eigenvalue weighted by Crippen LogP contribution is -2.31. The molecule has 0 aliphatic rings. The van der Waals surface area contributed by atoms with Crippen LogP contribution in [-0.4, -0.2) is 25.2 Å². The Labute approximate surface area is 112 Å². The molecule has 1 aromatic carbocycles. The maximum Gasteiger partial charge on any atom is 0.281 e. The van der Waals surface area contributed by atoms with E-state index in [-0.39, 0.29) is 11.6 Å². The SMILES string of the molecule is CCN(c1ccccc1)S(=O)(=O)c1[nH]ncc1CN. The number of nitrogens with two attached hydrogens (primary N) is 1. The molecular formula is C12H16N4O2S. The van der Waals surface area contributed by atoms with E-state index in [9.17, 15) is 8.42 Å². The second-order valence-corrected chi connectivity index (χ2v) is 5.73. The minimum Gasteiger partial charge on any atom is -0.326 e. The average molecular weight is 280 g/mol. The Morgan fingerprint density at radius 2 is 2.00 bits per heavy atom. The zero-order valence-corrected chi connectivity index (χ0v) is 11.4. The van der Waals surface area contributed by atoms with Crippen LogP contribution in [-0.2, 0) is 16.6 Å². The van der Waals surface area contributed by atoms with Gasteiger partial charge in [-0.1, -0.05) is 18.2 Å². The van der Waals surface area contributed by atoms with E-state index in [0.29, 0.717) is 17.8 Å². The molecule has 0 atom stereocenters. The van der Waals surface area contributed by atoms with Crippen molar-refractivity contribution in [2.24, 2.45) is 5.73 Å². The average Bonchev–Trinajstić information content (AvgIpc) is 2.89. The number of benzene rings is 1. The van der Waals surface area contributed by atoms with Gasteiger partial charge in [-0.25, -0.2) is 0 Å². The normalized spacial score (nSPS) is 11.5. The lowest BCUT2D eigenvalue weighted by molar-refractivity contribution is 0.586. The molecule has 0 fully saturated rings. The molecule has 0 unspecified atom stereocenters. The van der Waals surface area contributed by atoms with Crippen LogP contribution in [0.25, 0.3) is 0 Å². The molecule has 0 aliphatic carbocycles. The Morgan fingerprint density at radius 1 is 1.32 bits per heavy atom. The van der Waals surface area contributed by atoms with E-state index in [1.165, 1.54) is 10.5 Å². The highest BCUT2D eigenvalue weighted by atomic mass is 32.2. The maximum atomic E-state index is 12.6. The van der Waals surface area contributed by atoms with Gasteiger partial charge < -0.3 is 5.73 Å². The predicted octanol–water partition coefficient (Wildman–Crippen LogP) is 1.08. The lowest BCUT2D eigenvalue weighted by atomic mass is 10.3. The monoisotopic (exact) mass is 280 g/mol. The summed E-state index contributed by atoms with van der Waals surface area (Å²) in [5.74, 6) is 0. The first-order valence-electron chi connectivity index (χ1n) is 5.91. The zero-order valence-electron chi connectivity index (χ0n) is 10.6. The van der Waals surface area contributed by atoms with Crippen LogP contribution in [0.3, 0.4) is 0 Å². The molecule has 2 aromatic rings. The predicted molar refractivity (Wildman–Crippen MR) is 73.1 cm³/mol. The first-order chi connectivity index (χ1) is 9.11. The van der Waals surface area contributed by atoms with Crippen molar-refractivity contribution in [3.8, 4) is 0 Å². The van der Waals surface area contributed by atoms with Crippen LogP contribution >= 0.6 is 0 Å². The van der Waals surface area contributed by atoms with Crippen molar-refractivity contribution in [2.45, 2.75) is 18.5 Å². The minimum atomic E-state index is -3.67. The van der Waals surface area contributed by atoms with Crippen molar-refractivity contribution < 1.29 is 8.42 Å². The smallest absolute Gasteiger partial charge is 0.281 e. The van der Waals surface area contributed by atoms with Gasteiger partial charge in [0.05, 0.1) is 11.9 Å². The number of aromatic amines is 1. The minimum absolute atomic E-state index is 0.0562. The molecule has 0 amide bonds. The van der Waals surface area contributed by atoms with Gasteiger partial charge in [-0.2, -0.15) is 13.5 Å². The number of anilines is 1. The summed E-state index contributed by atoms with van der Waals surface area (Å²) in [6.45, 7) is 2.23. The lowest BCUT2D eigenvalue weighted by Gasteiger charge is -2.22. The second-order valence-electron chi connectivity index (χ2n) is 3.93. The molecule has 0 saturated carbocycles. The molecule has 0 radical (unpaired) electrons. The van der Waals surface area contributed by atoms with E-state index in [1.807, 2.05) is 6.07 Å². The molecular weight excluding hydrogens is 264 g/mol. The van der Waals surface area contributed by atoms with Crippen LogP contribution in [0, 0.1) is 0 Å². The van der Waals surface area contributed by atoms with Crippen LogP contribution in [0.2, 0.25) is 0 Å². The fraction of sp³-hybridized carbons (Fsp3) is 0.250. The van der Waals surface area contributed by atoms with Crippen LogP contribution in [0.15, 0.2) is 41.6 Å². The van der Waals surface area contributed by atoms with Crippen molar-refractivity contribution in [3.05, 3.63) is 42.1 Å². The number of H-pyrrole nitrogens is 1. The molecule has 1 heterocycles. The Hall–Kier alpha value is -1.86. The van der Waals surface area contributed by atoms with Crippen molar-refractivity contribution in [3.63, 3.8) is 0 Å². The van der Waals surface area contributed by atoms with Gasteiger partial charge in [-0.15, -0.1) is 0 Å². The molecule has 0 spiro atoms. The topological polar surface area (TPSA) is 92.1 Å². The Kier molecular flexibility index (Phi) is 3.87. The van der Waals surface area contributed by atoms with E-state index >= 15 is 0 Å². The summed E-state index contributed by atoms with van der Waals surface area (Å²) in [6, 6.07) is 8.93. The first-order valence-corrected chi connectivity index (χ1v) is 7.35. The van der Waals surface area contributed by atoms with E-state index in [0.717, 1.165) is 0 Å². The number of nitrogens with zero attached hydrogens (tertiary/aromatic N) is 2.